The number of hydrogen-bond donors (Lipinski definition) is 0. The van der Waals surface area contributed by atoms with Gasteiger partial charge in [0.25, 0.3) is 0 Å². The zero-order chi connectivity index (χ0) is 39.6. The van der Waals surface area contributed by atoms with E-state index in [2.05, 4.69) is 223 Å². The maximum Gasteiger partial charge on any atom is 0.137 e. The Balaban J connectivity index is 1.03. The lowest BCUT2D eigenvalue weighted by molar-refractivity contribution is 0.669. The summed E-state index contributed by atoms with van der Waals surface area (Å²) in [4.78, 5) is 2.45. The molecule has 0 atom stereocenters. The summed E-state index contributed by atoms with van der Waals surface area (Å²) in [6, 6.07) is 81.4. The van der Waals surface area contributed by atoms with Gasteiger partial charge in [-0.05, 0) is 108 Å². The second-order valence-electron chi connectivity index (χ2n) is 15.6. The lowest BCUT2D eigenvalue weighted by Gasteiger charge is -2.30. The van der Waals surface area contributed by atoms with Gasteiger partial charge in [0.1, 0.15) is 11.2 Å². The first-order chi connectivity index (χ1) is 29.7. The molecule has 2 heteroatoms. The van der Waals surface area contributed by atoms with Crippen molar-refractivity contribution in [2.75, 3.05) is 4.90 Å². The third kappa shape index (κ3) is 5.57. The van der Waals surface area contributed by atoms with Crippen LogP contribution >= 0.6 is 0 Å². The monoisotopic (exact) mass is 763 g/mol. The molecule has 1 aromatic heterocycles. The summed E-state index contributed by atoms with van der Waals surface area (Å²) in [6.45, 7) is 0. The van der Waals surface area contributed by atoms with Crippen molar-refractivity contribution in [1.29, 1.82) is 0 Å². The average molecular weight is 764 g/mol. The van der Waals surface area contributed by atoms with Crippen LogP contribution in [0.5, 0.6) is 0 Å². The molecule has 2 nitrogen and oxygen atoms in total. The molecule has 1 heterocycles. The summed E-state index contributed by atoms with van der Waals surface area (Å²) in [5, 5.41) is 12.2. The van der Waals surface area contributed by atoms with Crippen molar-refractivity contribution in [3.8, 4) is 33.4 Å². The van der Waals surface area contributed by atoms with E-state index in [-0.39, 0.29) is 0 Å². The van der Waals surface area contributed by atoms with Gasteiger partial charge in [-0.3, -0.25) is 0 Å². The number of fused-ring (bicyclic) bond motifs is 9. The largest absolute Gasteiger partial charge is 0.456 e. The van der Waals surface area contributed by atoms with Gasteiger partial charge >= 0.3 is 0 Å². The van der Waals surface area contributed by atoms with E-state index in [0.29, 0.717) is 0 Å². The number of rotatable bonds is 6. The molecule has 0 fully saturated rings. The van der Waals surface area contributed by atoms with Crippen molar-refractivity contribution in [3.05, 3.63) is 224 Å². The Kier molecular flexibility index (Phi) is 7.89. The minimum atomic E-state index is 0.860. The fraction of sp³-hybridized carbons (Fsp3) is 0. The molecule has 0 saturated carbocycles. The van der Waals surface area contributed by atoms with E-state index in [4.69, 9.17) is 4.42 Å². The quantitative estimate of drug-likeness (QED) is 0.157. The number of anilines is 3. The lowest BCUT2D eigenvalue weighted by Crippen LogP contribution is -2.12. The Labute approximate surface area is 347 Å². The maximum atomic E-state index is 6.50. The molecule has 0 aliphatic carbocycles. The highest BCUT2D eigenvalue weighted by Gasteiger charge is 2.24. The van der Waals surface area contributed by atoms with Crippen molar-refractivity contribution in [2.24, 2.45) is 0 Å². The van der Waals surface area contributed by atoms with Crippen LogP contribution in [0.3, 0.4) is 0 Å². The van der Waals surface area contributed by atoms with Crippen LogP contribution in [0.2, 0.25) is 0 Å². The van der Waals surface area contributed by atoms with E-state index in [1.807, 2.05) is 6.07 Å². The van der Waals surface area contributed by atoms with Gasteiger partial charge in [0.05, 0.1) is 22.4 Å². The topological polar surface area (TPSA) is 16.4 Å². The van der Waals surface area contributed by atoms with Crippen molar-refractivity contribution in [1.82, 2.24) is 0 Å². The predicted octanol–water partition coefficient (Wildman–Crippen LogP) is 16.7. The van der Waals surface area contributed by atoms with Gasteiger partial charge in [-0.15, -0.1) is 0 Å². The van der Waals surface area contributed by atoms with E-state index >= 15 is 0 Å². The SMILES string of the molecule is c1ccc(N(c2ccccc2-c2ccc3c(ccc4ccccc43)c2)c2cccc3oc4ccccc4c23)c(-c2ccc(-c3ccc4c(ccc5ccccc54)c3)cc2)c1. The molecule has 12 rings (SSSR count). The summed E-state index contributed by atoms with van der Waals surface area (Å²) in [5.41, 5.74) is 11.9. The normalized spacial score (nSPS) is 11.7. The predicted molar refractivity (Wildman–Crippen MR) is 255 cm³/mol. The molecule has 0 amide bonds. The highest BCUT2D eigenvalue weighted by atomic mass is 16.3. The van der Waals surface area contributed by atoms with Crippen molar-refractivity contribution in [2.45, 2.75) is 0 Å². The summed E-state index contributed by atoms with van der Waals surface area (Å²) < 4.78 is 6.50. The third-order valence-electron chi connectivity index (χ3n) is 12.2. The number of nitrogens with zero attached hydrogens (tertiary/aromatic N) is 1. The summed E-state index contributed by atoms with van der Waals surface area (Å²) in [6.07, 6.45) is 0. The van der Waals surface area contributed by atoms with E-state index in [1.54, 1.807) is 0 Å². The number of hydrogen-bond acceptors (Lipinski definition) is 2. The van der Waals surface area contributed by atoms with Gasteiger partial charge in [0.2, 0.25) is 0 Å². The van der Waals surface area contributed by atoms with Crippen LogP contribution in [0.4, 0.5) is 17.1 Å². The van der Waals surface area contributed by atoms with Gasteiger partial charge in [-0.25, -0.2) is 0 Å². The Hall–Kier alpha value is -7.94. The number of para-hydroxylation sites is 3. The number of furan rings is 1. The first-order valence-electron chi connectivity index (χ1n) is 20.6. The van der Waals surface area contributed by atoms with Crippen molar-refractivity contribution in [3.63, 3.8) is 0 Å². The highest BCUT2D eigenvalue weighted by Crippen LogP contribution is 2.49. The molecule has 0 saturated heterocycles. The zero-order valence-electron chi connectivity index (χ0n) is 32.7. The minimum Gasteiger partial charge on any atom is -0.456 e. The van der Waals surface area contributed by atoms with E-state index < -0.39 is 0 Å². The Morgan fingerprint density at radius 2 is 0.717 bits per heavy atom. The van der Waals surface area contributed by atoms with Crippen molar-refractivity contribution < 1.29 is 4.42 Å². The molecule has 60 heavy (non-hydrogen) atoms. The van der Waals surface area contributed by atoms with E-state index in [0.717, 1.165) is 61.3 Å². The van der Waals surface area contributed by atoms with E-state index in [1.165, 1.54) is 54.2 Å². The first kappa shape index (κ1) is 34.1. The highest BCUT2D eigenvalue weighted by molar-refractivity contribution is 6.15. The van der Waals surface area contributed by atoms with Gasteiger partial charge in [-0.1, -0.05) is 182 Å². The fourth-order valence-electron chi connectivity index (χ4n) is 9.37. The van der Waals surface area contributed by atoms with Crippen LogP contribution < -0.4 is 4.90 Å². The van der Waals surface area contributed by atoms with Crippen LogP contribution in [0, 0.1) is 0 Å². The molecule has 0 radical (unpaired) electrons. The zero-order valence-corrected chi connectivity index (χ0v) is 32.7. The molecular weight excluding hydrogens is 727 g/mol. The Morgan fingerprint density at radius 3 is 1.40 bits per heavy atom. The molecule has 0 unspecified atom stereocenters. The van der Waals surface area contributed by atoms with Crippen LogP contribution in [0.1, 0.15) is 0 Å². The van der Waals surface area contributed by atoms with Gasteiger partial charge < -0.3 is 9.32 Å². The molecule has 11 aromatic carbocycles. The third-order valence-corrected chi connectivity index (χ3v) is 12.2. The first-order valence-corrected chi connectivity index (χ1v) is 20.6. The number of benzene rings is 11. The summed E-state index contributed by atoms with van der Waals surface area (Å²) in [7, 11) is 0. The van der Waals surface area contributed by atoms with Gasteiger partial charge in [0.15, 0.2) is 0 Å². The second-order valence-corrected chi connectivity index (χ2v) is 15.6. The van der Waals surface area contributed by atoms with Gasteiger partial charge in [0, 0.05) is 16.5 Å². The molecule has 12 aromatic rings. The average Bonchev–Trinajstić information content (AvgIpc) is 3.71. The molecule has 0 bridgehead atoms. The van der Waals surface area contributed by atoms with Crippen LogP contribution in [-0.4, -0.2) is 0 Å². The fourth-order valence-corrected chi connectivity index (χ4v) is 9.37. The van der Waals surface area contributed by atoms with E-state index in [9.17, 15) is 0 Å². The maximum absolute atomic E-state index is 6.50. The Morgan fingerprint density at radius 1 is 0.267 bits per heavy atom. The van der Waals surface area contributed by atoms with Crippen LogP contribution in [-0.2, 0) is 0 Å². The van der Waals surface area contributed by atoms with Crippen LogP contribution in [0.25, 0.3) is 98.4 Å². The van der Waals surface area contributed by atoms with Gasteiger partial charge in [-0.2, -0.15) is 0 Å². The minimum absolute atomic E-state index is 0.860. The summed E-state index contributed by atoms with van der Waals surface area (Å²) in [5.74, 6) is 0. The van der Waals surface area contributed by atoms with Crippen molar-refractivity contribution >= 4 is 82.1 Å². The molecular formula is C58H37NO. The molecule has 280 valence electrons. The molecule has 0 aliphatic rings. The molecule has 0 spiro atoms. The molecule has 0 aliphatic heterocycles. The molecule has 0 N–H and O–H groups in total. The smallest absolute Gasteiger partial charge is 0.137 e. The lowest BCUT2D eigenvalue weighted by atomic mass is 9.94. The summed E-state index contributed by atoms with van der Waals surface area (Å²) >= 11 is 0. The Bertz CT molecular complexity index is 3610. The second kappa shape index (κ2) is 13.9. The van der Waals surface area contributed by atoms with Crippen LogP contribution in [0.15, 0.2) is 229 Å². The standard InChI is InChI=1S/C58H37NO/c1-3-14-46-39(12-1)28-30-43-36-42(32-34-48(43)46)38-24-26-41(27-25-38)50-16-5-8-19-53(50)59(55-21-11-23-57-58(55)52-18-7-10-22-56(52)60-57)54-20-9-6-17-51(54)45-33-35-49-44(37-45)31-29-40-13-2-4-15-47(40)49/h1-37H.